The van der Waals surface area contributed by atoms with Gasteiger partial charge in [-0.2, -0.15) is 0 Å². The van der Waals surface area contributed by atoms with E-state index < -0.39 is 45.8 Å². The number of carbonyl (C=O) groups excluding carboxylic acids is 2. The van der Waals surface area contributed by atoms with Gasteiger partial charge in [-0.1, -0.05) is 6.07 Å². The summed E-state index contributed by atoms with van der Waals surface area (Å²) in [6.45, 7) is 0. The van der Waals surface area contributed by atoms with Crippen LogP contribution in [-0.4, -0.2) is 23.9 Å². The van der Waals surface area contributed by atoms with Crippen LogP contribution in [0.25, 0.3) is 6.08 Å². The molecular formula is C12H5F6NO4S. The van der Waals surface area contributed by atoms with E-state index in [4.69, 9.17) is 0 Å². The molecule has 1 fully saturated rings. The number of hydrogen-bond acceptors (Lipinski definition) is 5. The second-order valence-corrected chi connectivity index (χ2v) is 5.13. The molecule has 12 heteroatoms. The van der Waals surface area contributed by atoms with E-state index in [1.807, 2.05) is 5.32 Å². The largest absolute Gasteiger partial charge is 0.573 e. The lowest BCUT2D eigenvalue weighted by Gasteiger charge is -2.16. The van der Waals surface area contributed by atoms with Crippen LogP contribution in [0.15, 0.2) is 23.1 Å². The van der Waals surface area contributed by atoms with Gasteiger partial charge in [-0.25, -0.2) is 0 Å². The highest BCUT2D eigenvalue weighted by atomic mass is 32.2. The SMILES string of the molecule is O=C1NC(=O)/C(=C/c2c(OC(F)(F)F)cccc2OC(F)(F)F)S1. The van der Waals surface area contributed by atoms with Crippen LogP contribution >= 0.6 is 11.8 Å². The molecule has 1 aromatic rings. The number of amides is 2. The van der Waals surface area contributed by atoms with Gasteiger partial charge >= 0.3 is 12.7 Å². The van der Waals surface area contributed by atoms with Gasteiger partial charge in [0.2, 0.25) is 0 Å². The Morgan fingerprint density at radius 1 is 0.958 bits per heavy atom. The normalized spacial score (nSPS) is 17.2. The van der Waals surface area contributed by atoms with Crippen molar-refractivity contribution in [2.45, 2.75) is 12.7 Å². The zero-order valence-electron chi connectivity index (χ0n) is 11.1. The van der Waals surface area contributed by atoms with Crippen molar-refractivity contribution < 1.29 is 45.4 Å². The van der Waals surface area contributed by atoms with Gasteiger partial charge in [-0.05, 0) is 30.0 Å². The van der Waals surface area contributed by atoms with Crippen LogP contribution in [0, 0.1) is 0 Å². The maximum Gasteiger partial charge on any atom is 0.573 e. The van der Waals surface area contributed by atoms with E-state index in [9.17, 15) is 35.9 Å². The van der Waals surface area contributed by atoms with Gasteiger partial charge in [0.1, 0.15) is 11.5 Å². The molecule has 1 heterocycles. The number of ether oxygens (including phenoxy) is 2. The number of alkyl halides is 6. The third-order valence-electron chi connectivity index (χ3n) is 2.39. The average Bonchev–Trinajstić information content (AvgIpc) is 2.68. The van der Waals surface area contributed by atoms with E-state index in [1.54, 1.807) is 0 Å². The van der Waals surface area contributed by atoms with Crippen LogP contribution in [-0.2, 0) is 4.79 Å². The van der Waals surface area contributed by atoms with E-state index in [0.29, 0.717) is 17.8 Å². The molecule has 0 spiro atoms. The Morgan fingerprint density at radius 2 is 1.46 bits per heavy atom. The summed E-state index contributed by atoms with van der Waals surface area (Å²) < 4.78 is 81.7. The quantitative estimate of drug-likeness (QED) is 0.645. The first-order chi connectivity index (χ1) is 10.9. The van der Waals surface area contributed by atoms with Crippen molar-refractivity contribution in [3.8, 4) is 11.5 Å². The minimum Gasteiger partial charge on any atom is -0.405 e. The lowest BCUT2D eigenvalue weighted by molar-refractivity contribution is -0.276. The Bertz CT molecular complexity index is 678. The number of thioether (sulfide) groups is 1. The topological polar surface area (TPSA) is 64.6 Å². The van der Waals surface area contributed by atoms with E-state index in [1.165, 1.54) is 0 Å². The lowest BCUT2D eigenvalue weighted by Crippen LogP contribution is -2.20. The molecule has 0 atom stereocenters. The highest BCUT2D eigenvalue weighted by Crippen LogP contribution is 2.38. The van der Waals surface area contributed by atoms with Crippen LogP contribution in [0.3, 0.4) is 0 Å². The fraction of sp³-hybridized carbons (Fsp3) is 0.167. The minimum absolute atomic E-state index is 0.310. The molecule has 5 nitrogen and oxygen atoms in total. The highest BCUT2D eigenvalue weighted by molar-refractivity contribution is 8.18. The van der Waals surface area contributed by atoms with Crippen LogP contribution < -0.4 is 14.8 Å². The number of benzene rings is 1. The molecule has 1 aliphatic heterocycles. The highest BCUT2D eigenvalue weighted by Gasteiger charge is 2.36. The second kappa shape index (κ2) is 6.26. The Morgan fingerprint density at radius 3 is 1.83 bits per heavy atom. The molecule has 2 amide bonds. The molecule has 0 aromatic heterocycles. The van der Waals surface area contributed by atoms with E-state index in [2.05, 4.69) is 9.47 Å². The second-order valence-electron chi connectivity index (χ2n) is 4.12. The van der Waals surface area contributed by atoms with Crippen molar-refractivity contribution in [3.05, 3.63) is 28.7 Å². The molecule has 0 saturated carbocycles. The van der Waals surface area contributed by atoms with Crippen molar-refractivity contribution in [2.24, 2.45) is 0 Å². The van der Waals surface area contributed by atoms with Crippen molar-refractivity contribution >= 4 is 29.0 Å². The molecule has 0 unspecified atom stereocenters. The molecular weight excluding hydrogens is 368 g/mol. The third kappa shape index (κ3) is 4.81. The number of hydrogen-bond donors (Lipinski definition) is 1. The summed E-state index contributed by atoms with van der Waals surface area (Å²) in [6.07, 6.45) is -9.73. The summed E-state index contributed by atoms with van der Waals surface area (Å²) in [5.74, 6) is -3.02. The molecule has 0 bridgehead atoms. The molecule has 1 aromatic carbocycles. The third-order valence-corrected chi connectivity index (χ3v) is 3.21. The lowest BCUT2D eigenvalue weighted by atomic mass is 10.1. The fourth-order valence-electron chi connectivity index (χ4n) is 1.65. The molecule has 1 saturated heterocycles. The molecule has 130 valence electrons. The fourth-order valence-corrected chi connectivity index (χ4v) is 2.31. The van der Waals surface area contributed by atoms with Gasteiger partial charge < -0.3 is 9.47 Å². The number of imide groups is 1. The first kappa shape index (κ1) is 18.0. The van der Waals surface area contributed by atoms with Crippen molar-refractivity contribution in [1.29, 1.82) is 0 Å². The molecule has 24 heavy (non-hydrogen) atoms. The minimum atomic E-state index is -5.19. The van der Waals surface area contributed by atoms with Crippen LogP contribution in [0.4, 0.5) is 31.1 Å². The van der Waals surface area contributed by atoms with Gasteiger partial charge in [0.05, 0.1) is 10.5 Å². The predicted molar refractivity (Wildman–Crippen MR) is 68.9 cm³/mol. The van der Waals surface area contributed by atoms with Crippen molar-refractivity contribution in [2.75, 3.05) is 0 Å². The van der Waals surface area contributed by atoms with Crippen LogP contribution in [0.2, 0.25) is 0 Å². The molecule has 1 aliphatic rings. The Hall–Kier alpha value is -2.37. The van der Waals surface area contributed by atoms with Gasteiger partial charge in [0.15, 0.2) is 0 Å². The van der Waals surface area contributed by atoms with E-state index >= 15 is 0 Å². The summed E-state index contributed by atoms with van der Waals surface area (Å²) in [6, 6.07) is 2.32. The first-order valence-corrected chi connectivity index (χ1v) is 6.65. The average molecular weight is 373 g/mol. The Labute approximate surface area is 133 Å². The van der Waals surface area contributed by atoms with Gasteiger partial charge in [0.25, 0.3) is 11.1 Å². The van der Waals surface area contributed by atoms with Gasteiger partial charge in [-0.3, -0.25) is 14.9 Å². The maximum atomic E-state index is 12.4. The van der Waals surface area contributed by atoms with Crippen molar-refractivity contribution in [3.63, 3.8) is 0 Å². The van der Waals surface area contributed by atoms with E-state index in [-0.39, 0.29) is 0 Å². The summed E-state index contributed by atoms with van der Waals surface area (Å²) in [4.78, 5) is 22.1. The van der Waals surface area contributed by atoms with Crippen molar-refractivity contribution in [1.82, 2.24) is 5.32 Å². The van der Waals surface area contributed by atoms with Crippen LogP contribution in [0.5, 0.6) is 11.5 Å². The number of halogens is 6. The maximum absolute atomic E-state index is 12.4. The summed E-state index contributed by atoms with van der Waals surface area (Å²) in [5.41, 5.74) is -0.792. The monoisotopic (exact) mass is 373 g/mol. The summed E-state index contributed by atoms with van der Waals surface area (Å²) in [5, 5.41) is 0.993. The number of carbonyl (C=O) groups is 2. The Balaban J connectivity index is 2.53. The van der Waals surface area contributed by atoms with Gasteiger partial charge in [0, 0.05) is 0 Å². The molecule has 2 rings (SSSR count). The summed E-state index contributed by atoms with van der Waals surface area (Å²) in [7, 11) is 0. The smallest absolute Gasteiger partial charge is 0.405 e. The standard InChI is InChI=1S/C12H5F6NO4S/c13-11(14,15)22-6-2-1-3-7(23-12(16,17)18)5(6)4-8-9(20)19-10(21)24-8/h1-4H,(H,19,20,21)/b8-4-. The van der Waals surface area contributed by atoms with Crippen LogP contribution in [0.1, 0.15) is 5.56 Å². The first-order valence-electron chi connectivity index (χ1n) is 5.84. The zero-order chi connectivity index (χ0) is 18.1. The number of nitrogens with one attached hydrogen (secondary N) is 1. The van der Waals surface area contributed by atoms with Gasteiger partial charge in [-0.15, -0.1) is 26.3 Å². The van der Waals surface area contributed by atoms with E-state index in [0.717, 1.165) is 18.2 Å². The molecule has 0 radical (unpaired) electrons. The zero-order valence-corrected chi connectivity index (χ0v) is 11.9. The number of rotatable bonds is 3. The Kier molecular flexibility index (Phi) is 4.69. The molecule has 0 aliphatic carbocycles. The predicted octanol–water partition coefficient (Wildman–Crippen LogP) is 3.81. The summed E-state index contributed by atoms with van der Waals surface area (Å²) >= 11 is 0.310. The molecule has 1 N–H and O–H groups in total.